The maximum Gasteiger partial charge on any atom is 0.255 e. The molecule has 4 heteroatoms. The second kappa shape index (κ2) is 5.38. The van der Waals surface area contributed by atoms with Crippen LogP contribution in [0.1, 0.15) is 37.0 Å². The molecule has 0 saturated heterocycles. The van der Waals surface area contributed by atoms with Gasteiger partial charge >= 0.3 is 0 Å². The quantitative estimate of drug-likeness (QED) is 0.861. The molecule has 0 spiro atoms. The standard InChI is InChI=1S/C14H21N3O/c1-9-6-7-12(10(9)2)17-14(18)11-5-4-8-16-13(11)15-3/h4-5,8-10,12H,6-7H2,1-3H3,(H,15,16)(H,17,18). The molecule has 1 aliphatic rings. The highest BCUT2D eigenvalue weighted by Gasteiger charge is 2.31. The first-order valence-electron chi connectivity index (χ1n) is 6.57. The Morgan fingerprint density at radius 1 is 1.39 bits per heavy atom. The third kappa shape index (κ3) is 2.47. The van der Waals surface area contributed by atoms with Crippen molar-refractivity contribution >= 4 is 11.7 Å². The number of hydrogen-bond donors (Lipinski definition) is 2. The molecule has 1 aromatic heterocycles. The van der Waals surface area contributed by atoms with Crippen molar-refractivity contribution in [3.8, 4) is 0 Å². The van der Waals surface area contributed by atoms with E-state index < -0.39 is 0 Å². The Kier molecular flexibility index (Phi) is 3.84. The molecule has 0 radical (unpaired) electrons. The van der Waals surface area contributed by atoms with Crippen LogP contribution in [0.3, 0.4) is 0 Å². The maximum absolute atomic E-state index is 12.2. The van der Waals surface area contributed by atoms with E-state index >= 15 is 0 Å². The number of amides is 1. The molecule has 2 N–H and O–H groups in total. The molecule has 3 unspecified atom stereocenters. The van der Waals surface area contributed by atoms with Crippen LogP contribution in [0.5, 0.6) is 0 Å². The Morgan fingerprint density at radius 2 is 2.17 bits per heavy atom. The second-order valence-electron chi connectivity index (χ2n) is 5.14. The van der Waals surface area contributed by atoms with Crippen molar-refractivity contribution in [2.45, 2.75) is 32.7 Å². The Morgan fingerprint density at radius 3 is 2.78 bits per heavy atom. The summed E-state index contributed by atoms with van der Waals surface area (Å²) in [5.41, 5.74) is 0.617. The van der Waals surface area contributed by atoms with Gasteiger partial charge in [-0.1, -0.05) is 13.8 Å². The van der Waals surface area contributed by atoms with Gasteiger partial charge in [0.2, 0.25) is 0 Å². The summed E-state index contributed by atoms with van der Waals surface area (Å²) < 4.78 is 0. The normalized spacial score (nSPS) is 26.9. The van der Waals surface area contributed by atoms with Crippen LogP contribution < -0.4 is 10.6 Å². The van der Waals surface area contributed by atoms with Gasteiger partial charge < -0.3 is 10.6 Å². The highest BCUT2D eigenvalue weighted by atomic mass is 16.1. The van der Waals surface area contributed by atoms with Gasteiger partial charge in [0.25, 0.3) is 5.91 Å². The number of rotatable bonds is 3. The minimum absolute atomic E-state index is 0.0293. The van der Waals surface area contributed by atoms with E-state index in [0.29, 0.717) is 23.2 Å². The van der Waals surface area contributed by atoms with E-state index in [1.807, 2.05) is 0 Å². The predicted octanol–water partition coefficient (Wildman–Crippen LogP) is 2.29. The van der Waals surface area contributed by atoms with E-state index in [1.165, 1.54) is 6.42 Å². The van der Waals surface area contributed by atoms with E-state index in [4.69, 9.17) is 0 Å². The average Bonchev–Trinajstić information content (AvgIpc) is 2.70. The van der Waals surface area contributed by atoms with Gasteiger partial charge in [0.15, 0.2) is 0 Å². The summed E-state index contributed by atoms with van der Waals surface area (Å²) in [5.74, 6) is 1.84. The van der Waals surface area contributed by atoms with Crippen LogP contribution in [0.25, 0.3) is 0 Å². The number of aromatic nitrogens is 1. The summed E-state index contributed by atoms with van der Waals surface area (Å²) in [6.45, 7) is 4.46. The zero-order valence-corrected chi connectivity index (χ0v) is 11.2. The third-order valence-corrected chi connectivity index (χ3v) is 4.07. The van der Waals surface area contributed by atoms with Crippen LogP contribution in [-0.2, 0) is 0 Å². The molecule has 2 rings (SSSR count). The molecule has 4 nitrogen and oxygen atoms in total. The average molecular weight is 247 g/mol. The lowest BCUT2D eigenvalue weighted by atomic mass is 9.97. The minimum Gasteiger partial charge on any atom is -0.372 e. The van der Waals surface area contributed by atoms with Crippen LogP contribution in [0.4, 0.5) is 5.82 Å². The van der Waals surface area contributed by atoms with Crippen molar-refractivity contribution in [1.82, 2.24) is 10.3 Å². The molecule has 0 aromatic carbocycles. The van der Waals surface area contributed by atoms with Crippen molar-refractivity contribution in [2.75, 3.05) is 12.4 Å². The second-order valence-corrected chi connectivity index (χ2v) is 5.14. The number of nitrogens with zero attached hydrogens (tertiary/aromatic N) is 1. The Hall–Kier alpha value is -1.58. The van der Waals surface area contributed by atoms with E-state index in [9.17, 15) is 4.79 Å². The van der Waals surface area contributed by atoms with Gasteiger partial charge in [-0.05, 0) is 36.8 Å². The number of carbonyl (C=O) groups excluding carboxylic acids is 1. The predicted molar refractivity (Wildman–Crippen MR) is 72.6 cm³/mol. The molecule has 1 aliphatic carbocycles. The maximum atomic E-state index is 12.2. The number of hydrogen-bond acceptors (Lipinski definition) is 3. The molecular weight excluding hydrogens is 226 g/mol. The van der Waals surface area contributed by atoms with Gasteiger partial charge in [-0.15, -0.1) is 0 Å². The number of carbonyl (C=O) groups is 1. The fourth-order valence-corrected chi connectivity index (χ4v) is 2.60. The molecule has 3 atom stereocenters. The summed E-state index contributed by atoms with van der Waals surface area (Å²) in [5, 5.41) is 6.08. The molecule has 1 aromatic rings. The minimum atomic E-state index is -0.0293. The molecule has 1 heterocycles. The summed E-state index contributed by atoms with van der Waals surface area (Å²) in [7, 11) is 1.78. The van der Waals surface area contributed by atoms with Gasteiger partial charge in [-0.2, -0.15) is 0 Å². The van der Waals surface area contributed by atoms with Gasteiger partial charge in [0, 0.05) is 19.3 Å². The third-order valence-electron chi connectivity index (χ3n) is 4.07. The smallest absolute Gasteiger partial charge is 0.255 e. The van der Waals surface area contributed by atoms with E-state index in [0.717, 1.165) is 6.42 Å². The first-order chi connectivity index (χ1) is 8.63. The van der Waals surface area contributed by atoms with Crippen molar-refractivity contribution in [3.05, 3.63) is 23.9 Å². The summed E-state index contributed by atoms with van der Waals surface area (Å²) in [4.78, 5) is 16.4. The Balaban J connectivity index is 2.08. The zero-order valence-electron chi connectivity index (χ0n) is 11.2. The first kappa shape index (κ1) is 12.9. The van der Waals surface area contributed by atoms with Gasteiger partial charge in [-0.3, -0.25) is 4.79 Å². The Bertz CT molecular complexity index is 433. The van der Waals surface area contributed by atoms with Crippen molar-refractivity contribution < 1.29 is 4.79 Å². The molecule has 18 heavy (non-hydrogen) atoms. The number of anilines is 1. The van der Waals surface area contributed by atoms with Crippen LogP contribution in [0.2, 0.25) is 0 Å². The molecule has 98 valence electrons. The number of nitrogens with one attached hydrogen (secondary N) is 2. The Labute approximate surface area is 108 Å². The van der Waals surface area contributed by atoms with Crippen LogP contribution in [-0.4, -0.2) is 24.0 Å². The number of pyridine rings is 1. The lowest BCUT2D eigenvalue weighted by molar-refractivity contribution is 0.0928. The molecule has 1 amide bonds. The summed E-state index contributed by atoms with van der Waals surface area (Å²) in [6, 6.07) is 3.88. The monoisotopic (exact) mass is 247 g/mol. The van der Waals surface area contributed by atoms with E-state index in [2.05, 4.69) is 29.5 Å². The zero-order chi connectivity index (χ0) is 13.1. The van der Waals surface area contributed by atoms with Crippen molar-refractivity contribution in [1.29, 1.82) is 0 Å². The molecular formula is C14H21N3O. The van der Waals surface area contributed by atoms with Crippen molar-refractivity contribution in [2.24, 2.45) is 11.8 Å². The van der Waals surface area contributed by atoms with Crippen LogP contribution >= 0.6 is 0 Å². The highest BCUT2D eigenvalue weighted by Crippen LogP contribution is 2.31. The van der Waals surface area contributed by atoms with Crippen LogP contribution in [0.15, 0.2) is 18.3 Å². The molecule has 0 bridgehead atoms. The molecule has 0 aliphatic heterocycles. The first-order valence-corrected chi connectivity index (χ1v) is 6.57. The fourth-order valence-electron chi connectivity index (χ4n) is 2.60. The fraction of sp³-hybridized carbons (Fsp3) is 0.571. The van der Waals surface area contributed by atoms with E-state index in [1.54, 1.807) is 25.4 Å². The van der Waals surface area contributed by atoms with Crippen molar-refractivity contribution in [3.63, 3.8) is 0 Å². The van der Waals surface area contributed by atoms with E-state index in [-0.39, 0.29) is 11.9 Å². The largest absolute Gasteiger partial charge is 0.372 e. The summed E-state index contributed by atoms with van der Waals surface area (Å²) in [6.07, 6.45) is 3.95. The highest BCUT2D eigenvalue weighted by molar-refractivity contribution is 5.98. The van der Waals surface area contributed by atoms with Gasteiger partial charge in [-0.25, -0.2) is 4.98 Å². The van der Waals surface area contributed by atoms with Crippen LogP contribution in [0, 0.1) is 11.8 Å². The lowest BCUT2D eigenvalue weighted by Crippen LogP contribution is -2.37. The summed E-state index contributed by atoms with van der Waals surface area (Å²) >= 11 is 0. The lowest BCUT2D eigenvalue weighted by Gasteiger charge is -2.20. The SMILES string of the molecule is CNc1ncccc1C(=O)NC1CCC(C)C1C. The van der Waals surface area contributed by atoms with Gasteiger partial charge in [0.05, 0.1) is 5.56 Å². The van der Waals surface area contributed by atoms with Gasteiger partial charge in [0.1, 0.15) is 5.82 Å². The molecule has 1 fully saturated rings. The molecule has 1 saturated carbocycles. The topological polar surface area (TPSA) is 54.0 Å².